The highest BCUT2D eigenvalue weighted by atomic mass is 35.5. The smallest absolute Gasteiger partial charge is 0.229 e. The fourth-order valence-electron chi connectivity index (χ4n) is 1.93. The number of halogens is 1. The number of benzene rings is 1. The lowest BCUT2D eigenvalue weighted by Gasteiger charge is -2.22. The molecule has 2 N–H and O–H groups in total. The standard InChI is InChI=1S/C13H15ClN2O2/c1-8-10(14)3-2-4-11(8)16-13(18)9-5-6-12(17)15-7-9/h2-4,9H,5-7H2,1H3,(H,15,17)(H,16,18). The number of hydrogen-bond acceptors (Lipinski definition) is 2. The number of amides is 2. The molecular formula is C13H15ClN2O2. The molecule has 4 nitrogen and oxygen atoms in total. The minimum atomic E-state index is -0.166. The van der Waals surface area contributed by atoms with Crippen molar-refractivity contribution in [1.82, 2.24) is 5.32 Å². The van der Waals surface area contributed by atoms with Gasteiger partial charge in [0.15, 0.2) is 0 Å². The second kappa shape index (κ2) is 5.40. The number of nitrogens with one attached hydrogen (secondary N) is 2. The highest BCUT2D eigenvalue weighted by Gasteiger charge is 2.24. The minimum Gasteiger partial charge on any atom is -0.355 e. The maximum absolute atomic E-state index is 12.0. The van der Waals surface area contributed by atoms with E-state index in [1.807, 2.05) is 13.0 Å². The normalized spacial score (nSPS) is 19.2. The molecule has 96 valence electrons. The van der Waals surface area contributed by atoms with E-state index in [0.29, 0.717) is 24.4 Å². The second-order valence-electron chi connectivity index (χ2n) is 4.44. The highest BCUT2D eigenvalue weighted by molar-refractivity contribution is 6.31. The number of rotatable bonds is 2. The van der Waals surface area contributed by atoms with Crippen molar-refractivity contribution in [2.75, 3.05) is 11.9 Å². The Balaban J connectivity index is 2.03. The van der Waals surface area contributed by atoms with Crippen molar-refractivity contribution < 1.29 is 9.59 Å². The first-order chi connectivity index (χ1) is 8.58. The summed E-state index contributed by atoms with van der Waals surface area (Å²) in [5.41, 5.74) is 1.58. The molecule has 1 aliphatic heterocycles. The first kappa shape index (κ1) is 12.9. The van der Waals surface area contributed by atoms with E-state index in [0.717, 1.165) is 11.3 Å². The summed E-state index contributed by atoms with van der Waals surface area (Å²) in [4.78, 5) is 23.1. The second-order valence-corrected chi connectivity index (χ2v) is 4.85. The van der Waals surface area contributed by atoms with E-state index in [2.05, 4.69) is 10.6 Å². The van der Waals surface area contributed by atoms with Gasteiger partial charge in [0.2, 0.25) is 11.8 Å². The summed E-state index contributed by atoms with van der Waals surface area (Å²) in [6.07, 6.45) is 1.00. The van der Waals surface area contributed by atoms with Crippen LogP contribution in [0, 0.1) is 12.8 Å². The molecule has 2 amide bonds. The number of carbonyl (C=O) groups is 2. The van der Waals surface area contributed by atoms with E-state index in [1.54, 1.807) is 12.1 Å². The van der Waals surface area contributed by atoms with Gasteiger partial charge in [0.1, 0.15) is 0 Å². The van der Waals surface area contributed by atoms with Gasteiger partial charge in [-0.15, -0.1) is 0 Å². The van der Waals surface area contributed by atoms with Crippen LogP contribution in [0.4, 0.5) is 5.69 Å². The third-order valence-electron chi connectivity index (χ3n) is 3.16. The zero-order chi connectivity index (χ0) is 13.1. The molecule has 1 aromatic rings. The summed E-state index contributed by atoms with van der Waals surface area (Å²) in [5, 5.41) is 6.19. The molecule has 1 fully saturated rings. The zero-order valence-corrected chi connectivity index (χ0v) is 10.9. The first-order valence-electron chi connectivity index (χ1n) is 5.90. The van der Waals surface area contributed by atoms with Crippen LogP contribution in [0.5, 0.6) is 0 Å². The van der Waals surface area contributed by atoms with Crippen LogP contribution in [0.2, 0.25) is 5.02 Å². The average molecular weight is 267 g/mol. The molecular weight excluding hydrogens is 252 g/mol. The fourth-order valence-corrected chi connectivity index (χ4v) is 2.11. The maximum atomic E-state index is 12.0. The lowest BCUT2D eigenvalue weighted by Crippen LogP contribution is -2.40. The van der Waals surface area contributed by atoms with Crippen molar-refractivity contribution in [3.8, 4) is 0 Å². The molecule has 1 atom stereocenters. The van der Waals surface area contributed by atoms with E-state index in [4.69, 9.17) is 11.6 Å². The van der Waals surface area contributed by atoms with Gasteiger partial charge in [-0.05, 0) is 31.0 Å². The topological polar surface area (TPSA) is 58.2 Å². The van der Waals surface area contributed by atoms with E-state index < -0.39 is 0 Å². The monoisotopic (exact) mass is 266 g/mol. The molecule has 0 aromatic heterocycles. The molecule has 1 aromatic carbocycles. The van der Waals surface area contributed by atoms with Crippen molar-refractivity contribution in [1.29, 1.82) is 0 Å². The molecule has 0 spiro atoms. The summed E-state index contributed by atoms with van der Waals surface area (Å²) in [5.74, 6) is -0.223. The van der Waals surface area contributed by atoms with Gasteiger partial charge in [0, 0.05) is 23.7 Å². The number of hydrogen-bond donors (Lipinski definition) is 2. The summed E-state index contributed by atoms with van der Waals surface area (Å²) < 4.78 is 0. The van der Waals surface area contributed by atoms with E-state index in [9.17, 15) is 9.59 Å². The van der Waals surface area contributed by atoms with Crippen molar-refractivity contribution >= 4 is 29.1 Å². The van der Waals surface area contributed by atoms with Crippen LogP contribution in [0.1, 0.15) is 18.4 Å². The Morgan fingerprint density at radius 2 is 2.28 bits per heavy atom. The molecule has 1 unspecified atom stereocenters. The van der Waals surface area contributed by atoms with E-state index >= 15 is 0 Å². The maximum Gasteiger partial charge on any atom is 0.229 e. The Morgan fingerprint density at radius 3 is 2.94 bits per heavy atom. The Morgan fingerprint density at radius 1 is 1.50 bits per heavy atom. The first-order valence-corrected chi connectivity index (χ1v) is 6.28. The lowest BCUT2D eigenvalue weighted by atomic mass is 9.98. The third-order valence-corrected chi connectivity index (χ3v) is 3.57. The van der Waals surface area contributed by atoms with Gasteiger partial charge < -0.3 is 10.6 Å². The summed E-state index contributed by atoms with van der Waals surface area (Å²) in [6.45, 7) is 2.27. The van der Waals surface area contributed by atoms with Crippen molar-refractivity contribution in [3.05, 3.63) is 28.8 Å². The molecule has 5 heteroatoms. The van der Waals surface area contributed by atoms with Crippen molar-refractivity contribution in [3.63, 3.8) is 0 Å². The molecule has 1 saturated heterocycles. The Bertz CT molecular complexity index is 478. The van der Waals surface area contributed by atoms with Crippen molar-refractivity contribution in [2.45, 2.75) is 19.8 Å². The lowest BCUT2D eigenvalue weighted by molar-refractivity contribution is -0.126. The van der Waals surface area contributed by atoms with Crippen LogP contribution in [0.25, 0.3) is 0 Å². The SMILES string of the molecule is Cc1c(Cl)cccc1NC(=O)C1CCC(=O)NC1. The van der Waals surface area contributed by atoms with Gasteiger partial charge in [-0.2, -0.15) is 0 Å². The van der Waals surface area contributed by atoms with Crippen molar-refractivity contribution in [2.24, 2.45) is 5.92 Å². The van der Waals surface area contributed by atoms with Gasteiger partial charge in [0.05, 0.1) is 5.92 Å². The van der Waals surface area contributed by atoms with Crippen LogP contribution < -0.4 is 10.6 Å². The number of carbonyl (C=O) groups excluding carboxylic acids is 2. The molecule has 1 aliphatic rings. The van der Waals surface area contributed by atoms with E-state index in [1.165, 1.54) is 0 Å². The summed E-state index contributed by atoms with van der Waals surface area (Å²) in [7, 11) is 0. The zero-order valence-electron chi connectivity index (χ0n) is 10.1. The third kappa shape index (κ3) is 2.82. The van der Waals surface area contributed by atoms with Gasteiger partial charge in [-0.25, -0.2) is 0 Å². The number of piperidine rings is 1. The van der Waals surface area contributed by atoms with Gasteiger partial charge >= 0.3 is 0 Å². The van der Waals surface area contributed by atoms with Crippen LogP contribution in [-0.4, -0.2) is 18.4 Å². The minimum absolute atomic E-state index is 0.0120. The Hall–Kier alpha value is -1.55. The van der Waals surface area contributed by atoms with Gasteiger partial charge in [-0.1, -0.05) is 17.7 Å². The molecule has 2 rings (SSSR count). The molecule has 1 heterocycles. The van der Waals surface area contributed by atoms with Gasteiger partial charge in [-0.3, -0.25) is 9.59 Å². The van der Waals surface area contributed by atoms with Crippen LogP contribution in [0.15, 0.2) is 18.2 Å². The Labute approximate surface area is 111 Å². The Kier molecular flexibility index (Phi) is 3.87. The fraction of sp³-hybridized carbons (Fsp3) is 0.385. The molecule has 0 saturated carbocycles. The predicted octanol–water partition coefficient (Wildman–Crippen LogP) is 2.11. The molecule has 18 heavy (non-hydrogen) atoms. The van der Waals surface area contributed by atoms with Gasteiger partial charge in [0.25, 0.3) is 0 Å². The van der Waals surface area contributed by atoms with Crippen LogP contribution in [0.3, 0.4) is 0 Å². The summed E-state index contributed by atoms with van der Waals surface area (Å²) >= 11 is 5.99. The molecule has 0 bridgehead atoms. The average Bonchev–Trinajstić information content (AvgIpc) is 2.36. The predicted molar refractivity (Wildman–Crippen MR) is 70.6 cm³/mol. The molecule has 0 aliphatic carbocycles. The number of anilines is 1. The highest BCUT2D eigenvalue weighted by Crippen LogP contribution is 2.24. The molecule has 0 radical (unpaired) electrons. The van der Waals surface area contributed by atoms with Crippen LogP contribution >= 0.6 is 11.6 Å². The quantitative estimate of drug-likeness (QED) is 0.861. The largest absolute Gasteiger partial charge is 0.355 e. The summed E-state index contributed by atoms with van der Waals surface area (Å²) in [6, 6.07) is 5.40. The van der Waals surface area contributed by atoms with Crippen LogP contribution in [-0.2, 0) is 9.59 Å². The van der Waals surface area contributed by atoms with E-state index in [-0.39, 0.29) is 17.7 Å².